The third-order valence-electron chi connectivity index (χ3n) is 3.50. The zero-order chi connectivity index (χ0) is 14.0. The number of nitrogens with zero attached hydrogens (tertiary/aromatic N) is 2. The van der Waals surface area contributed by atoms with Gasteiger partial charge in [-0.15, -0.1) is 0 Å². The Bertz CT molecular complexity index is 519. The highest BCUT2D eigenvalue weighted by Gasteiger charge is 2.29. The molecule has 0 N–H and O–H groups in total. The fourth-order valence-corrected chi connectivity index (χ4v) is 3.04. The number of amides is 1. The molecule has 2 rings (SSSR count). The van der Waals surface area contributed by atoms with Gasteiger partial charge in [-0.3, -0.25) is 14.9 Å². The van der Waals surface area contributed by atoms with E-state index < -0.39 is 4.92 Å². The lowest BCUT2D eigenvalue weighted by atomic mass is 10.1. The van der Waals surface area contributed by atoms with E-state index in [1.165, 1.54) is 12.1 Å². The molecular weight excluding hydrogens is 359 g/mol. The van der Waals surface area contributed by atoms with Gasteiger partial charge in [-0.25, -0.2) is 0 Å². The average molecular weight is 374 g/mol. The predicted octanol–water partition coefficient (Wildman–Crippen LogP) is 3.21. The van der Waals surface area contributed by atoms with E-state index in [-0.39, 0.29) is 17.6 Å². The van der Waals surface area contributed by atoms with Crippen LogP contribution in [0.3, 0.4) is 0 Å². The van der Waals surface area contributed by atoms with Crippen molar-refractivity contribution in [3.8, 4) is 0 Å². The monoisotopic (exact) mass is 374 g/mol. The zero-order valence-electron chi connectivity index (χ0n) is 10.6. The first-order chi connectivity index (χ1) is 9.04. The predicted molar refractivity (Wildman–Crippen MR) is 80.2 cm³/mol. The molecular formula is C13H15IN2O3. The summed E-state index contributed by atoms with van der Waals surface area (Å²) in [6, 6.07) is 4.71. The quantitative estimate of drug-likeness (QED) is 0.464. The van der Waals surface area contributed by atoms with Crippen LogP contribution in [0.25, 0.3) is 0 Å². The molecule has 1 amide bonds. The van der Waals surface area contributed by atoms with Crippen molar-refractivity contribution >= 4 is 34.2 Å². The minimum atomic E-state index is -0.464. The molecule has 102 valence electrons. The third kappa shape index (κ3) is 2.88. The van der Waals surface area contributed by atoms with Crippen molar-refractivity contribution in [2.45, 2.75) is 32.2 Å². The molecule has 1 aromatic rings. The van der Waals surface area contributed by atoms with Gasteiger partial charge in [0.15, 0.2) is 0 Å². The summed E-state index contributed by atoms with van der Waals surface area (Å²) in [6.45, 7) is 2.81. The second kappa shape index (κ2) is 5.85. The largest absolute Gasteiger partial charge is 0.336 e. The van der Waals surface area contributed by atoms with Crippen LogP contribution < -0.4 is 0 Å². The van der Waals surface area contributed by atoms with Crippen molar-refractivity contribution in [2.24, 2.45) is 0 Å². The number of rotatable bonds is 3. The lowest BCUT2D eigenvalue weighted by molar-refractivity contribution is -0.384. The lowest BCUT2D eigenvalue weighted by Gasteiger charge is -2.24. The maximum absolute atomic E-state index is 12.5. The van der Waals surface area contributed by atoms with Gasteiger partial charge >= 0.3 is 0 Å². The number of hydrogen-bond acceptors (Lipinski definition) is 3. The highest BCUT2D eigenvalue weighted by atomic mass is 127. The van der Waals surface area contributed by atoms with Gasteiger partial charge in [-0.05, 0) is 47.9 Å². The molecule has 1 atom stereocenters. The van der Waals surface area contributed by atoms with Crippen LogP contribution in [0, 0.1) is 13.7 Å². The molecule has 0 bridgehead atoms. The maximum atomic E-state index is 12.5. The van der Waals surface area contributed by atoms with Gasteiger partial charge in [0.05, 0.1) is 10.5 Å². The minimum absolute atomic E-state index is 0.0315. The molecule has 0 radical (unpaired) electrons. The maximum Gasteiger partial charge on any atom is 0.270 e. The molecule has 19 heavy (non-hydrogen) atoms. The molecule has 1 aliphatic heterocycles. The number of likely N-dealkylation sites (tertiary alicyclic amines) is 1. The third-order valence-corrected chi connectivity index (χ3v) is 4.44. The van der Waals surface area contributed by atoms with Crippen molar-refractivity contribution in [3.63, 3.8) is 0 Å². The number of carbonyl (C=O) groups is 1. The second-order valence-corrected chi connectivity index (χ2v) is 5.79. The first-order valence-electron chi connectivity index (χ1n) is 6.29. The first kappa shape index (κ1) is 14.2. The summed E-state index contributed by atoms with van der Waals surface area (Å²) in [7, 11) is 0. The molecule has 1 heterocycles. The molecule has 1 aliphatic rings. The van der Waals surface area contributed by atoms with E-state index in [0.717, 1.165) is 29.4 Å². The van der Waals surface area contributed by atoms with Crippen molar-refractivity contribution in [3.05, 3.63) is 37.4 Å². The van der Waals surface area contributed by atoms with E-state index in [1.807, 2.05) is 4.90 Å². The molecule has 0 spiro atoms. The SMILES string of the molecule is CCC1CCCN1C(=O)c1cc([N+](=O)[O-])ccc1I. The smallest absolute Gasteiger partial charge is 0.270 e. The fourth-order valence-electron chi connectivity index (χ4n) is 2.47. The Hall–Kier alpha value is -1.18. The molecule has 1 fully saturated rings. The van der Waals surface area contributed by atoms with Gasteiger partial charge in [0.1, 0.15) is 0 Å². The highest BCUT2D eigenvalue weighted by molar-refractivity contribution is 14.1. The van der Waals surface area contributed by atoms with Crippen LogP contribution >= 0.6 is 22.6 Å². The van der Waals surface area contributed by atoms with E-state index >= 15 is 0 Å². The van der Waals surface area contributed by atoms with Crippen LogP contribution in [0.15, 0.2) is 18.2 Å². The number of nitro benzene ring substituents is 1. The number of halogens is 1. The van der Waals surface area contributed by atoms with Crippen molar-refractivity contribution in [1.82, 2.24) is 4.90 Å². The highest BCUT2D eigenvalue weighted by Crippen LogP contribution is 2.26. The topological polar surface area (TPSA) is 63.5 Å². The molecule has 0 saturated carbocycles. The summed E-state index contributed by atoms with van der Waals surface area (Å²) in [5.41, 5.74) is 0.408. The van der Waals surface area contributed by atoms with Crippen LogP contribution in [0.2, 0.25) is 0 Å². The molecule has 5 nitrogen and oxygen atoms in total. The molecule has 6 heteroatoms. The summed E-state index contributed by atoms with van der Waals surface area (Å²) >= 11 is 2.05. The molecule has 1 saturated heterocycles. The average Bonchev–Trinajstić information content (AvgIpc) is 2.86. The Morgan fingerprint density at radius 3 is 2.95 bits per heavy atom. The minimum Gasteiger partial charge on any atom is -0.336 e. The van der Waals surface area contributed by atoms with Gasteiger partial charge in [-0.1, -0.05) is 6.92 Å². The van der Waals surface area contributed by atoms with Crippen LogP contribution in [0.1, 0.15) is 36.5 Å². The van der Waals surface area contributed by atoms with Crippen LogP contribution in [0.4, 0.5) is 5.69 Å². The number of non-ortho nitro benzene ring substituents is 1. The van der Waals surface area contributed by atoms with Crippen LogP contribution in [-0.4, -0.2) is 28.3 Å². The van der Waals surface area contributed by atoms with E-state index in [4.69, 9.17) is 0 Å². The summed E-state index contributed by atoms with van der Waals surface area (Å²) in [5.74, 6) is -0.0857. The Kier molecular flexibility index (Phi) is 4.38. The van der Waals surface area contributed by atoms with Crippen LogP contribution in [-0.2, 0) is 0 Å². The first-order valence-corrected chi connectivity index (χ1v) is 7.37. The second-order valence-electron chi connectivity index (χ2n) is 4.62. The zero-order valence-corrected chi connectivity index (χ0v) is 12.8. The van der Waals surface area contributed by atoms with Crippen LogP contribution in [0.5, 0.6) is 0 Å². The number of hydrogen-bond donors (Lipinski definition) is 0. The van der Waals surface area contributed by atoms with E-state index in [2.05, 4.69) is 29.5 Å². The van der Waals surface area contributed by atoms with Gasteiger partial charge in [0.25, 0.3) is 11.6 Å². The van der Waals surface area contributed by atoms with Gasteiger partial charge in [-0.2, -0.15) is 0 Å². The number of benzene rings is 1. The summed E-state index contributed by atoms with van der Waals surface area (Å²) in [5, 5.41) is 10.8. The Morgan fingerprint density at radius 2 is 2.32 bits per heavy atom. The van der Waals surface area contributed by atoms with Crippen molar-refractivity contribution in [2.75, 3.05) is 6.54 Å². The lowest BCUT2D eigenvalue weighted by Crippen LogP contribution is -2.35. The summed E-state index contributed by atoms with van der Waals surface area (Å²) in [6.07, 6.45) is 2.96. The Morgan fingerprint density at radius 1 is 1.58 bits per heavy atom. The van der Waals surface area contributed by atoms with E-state index in [1.54, 1.807) is 6.07 Å². The number of carbonyl (C=O) groups excluding carboxylic acids is 1. The number of nitro groups is 1. The normalized spacial score (nSPS) is 18.6. The van der Waals surface area contributed by atoms with E-state index in [9.17, 15) is 14.9 Å². The van der Waals surface area contributed by atoms with E-state index in [0.29, 0.717) is 5.56 Å². The molecule has 1 aromatic carbocycles. The Labute approximate surface area is 125 Å². The molecule has 1 unspecified atom stereocenters. The summed E-state index contributed by atoms with van der Waals surface area (Å²) < 4.78 is 0.759. The Balaban J connectivity index is 2.32. The molecule has 0 aromatic heterocycles. The van der Waals surface area contributed by atoms with Gasteiger partial charge < -0.3 is 4.90 Å². The fraction of sp³-hybridized carbons (Fsp3) is 0.462. The van der Waals surface area contributed by atoms with Gasteiger partial charge in [0, 0.05) is 28.3 Å². The summed E-state index contributed by atoms with van der Waals surface area (Å²) in [4.78, 5) is 24.7. The molecule has 0 aliphatic carbocycles. The standard InChI is InChI=1S/C13H15IN2O3/c1-2-9-4-3-7-15(9)13(17)11-8-10(16(18)19)5-6-12(11)14/h5-6,8-9H,2-4,7H2,1H3. The van der Waals surface area contributed by atoms with Gasteiger partial charge in [0.2, 0.25) is 0 Å². The van der Waals surface area contributed by atoms with Crippen molar-refractivity contribution < 1.29 is 9.72 Å². The van der Waals surface area contributed by atoms with Crippen molar-refractivity contribution in [1.29, 1.82) is 0 Å².